The van der Waals surface area contributed by atoms with E-state index < -0.39 is 5.60 Å². The summed E-state index contributed by atoms with van der Waals surface area (Å²) in [7, 11) is 0. The van der Waals surface area contributed by atoms with Gasteiger partial charge in [0.05, 0.1) is 11.7 Å². The number of amides is 1. The molecule has 1 aromatic heterocycles. The van der Waals surface area contributed by atoms with E-state index in [0.29, 0.717) is 11.9 Å². The fourth-order valence-electron chi connectivity index (χ4n) is 3.13. The molecule has 2 unspecified atom stereocenters. The second-order valence-corrected chi connectivity index (χ2v) is 6.83. The monoisotopic (exact) mass is 291 g/mol. The van der Waals surface area contributed by atoms with Crippen molar-refractivity contribution in [2.75, 3.05) is 23.7 Å². The van der Waals surface area contributed by atoms with E-state index in [-0.39, 0.29) is 12.1 Å². The molecular weight excluding hydrogens is 268 g/mol. The lowest BCUT2D eigenvalue weighted by molar-refractivity contribution is -0.359. The SMILES string of the molecule is CC(C)(C)OC(=O)N1CC2CC1CN2c1ccc(N)[nH+]c1. The lowest BCUT2D eigenvalue weighted by atomic mass is 10.2. The maximum absolute atomic E-state index is 12.2. The van der Waals surface area contributed by atoms with Gasteiger partial charge < -0.3 is 14.5 Å². The second kappa shape index (κ2) is 4.79. The summed E-state index contributed by atoms with van der Waals surface area (Å²) in [4.78, 5) is 19.4. The highest BCUT2D eigenvalue weighted by atomic mass is 16.6. The van der Waals surface area contributed by atoms with Crippen LogP contribution in [0, 0.1) is 0 Å². The minimum Gasteiger partial charge on any atom is -0.444 e. The Labute approximate surface area is 124 Å². The first kappa shape index (κ1) is 14.0. The van der Waals surface area contributed by atoms with Gasteiger partial charge in [0, 0.05) is 25.2 Å². The van der Waals surface area contributed by atoms with Crippen molar-refractivity contribution in [2.45, 2.75) is 44.9 Å². The van der Waals surface area contributed by atoms with Crippen molar-refractivity contribution in [1.29, 1.82) is 0 Å². The lowest BCUT2D eigenvalue weighted by Crippen LogP contribution is -2.50. The number of nitrogens with one attached hydrogen (secondary N) is 1. The molecule has 0 aromatic carbocycles. The molecule has 2 bridgehead atoms. The van der Waals surface area contributed by atoms with Crippen molar-refractivity contribution in [2.24, 2.45) is 0 Å². The van der Waals surface area contributed by atoms with Gasteiger partial charge in [-0.15, -0.1) is 0 Å². The van der Waals surface area contributed by atoms with Gasteiger partial charge in [0.1, 0.15) is 11.8 Å². The van der Waals surface area contributed by atoms with Crippen LogP contribution in [0.25, 0.3) is 0 Å². The molecule has 1 amide bonds. The Bertz CT molecular complexity index is 538. The molecule has 2 aliphatic heterocycles. The van der Waals surface area contributed by atoms with E-state index in [4.69, 9.17) is 10.5 Å². The number of nitrogens with two attached hydrogens (primary N) is 1. The Balaban J connectivity index is 1.66. The first-order valence-electron chi connectivity index (χ1n) is 7.37. The van der Waals surface area contributed by atoms with E-state index in [1.807, 2.05) is 44.0 Å². The van der Waals surface area contributed by atoms with E-state index >= 15 is 0 Å². The molecular formula is C15H23N4O2+. The van der Waals surface area contributed by atoms with Crippen molar-refractivity contribution in [1.82, 2.24) is 4.90 Å². The summed E-state index contributed by atoms with van der Waals surface area (Å²) in [5, 5.41) is 0. The van der Waals surface area contributed by atoms with Crippen molar-refractivity contribution in [3.8, 4) is 0 Å². The summed E-state index contributed by atoms with van der Waals surface area (Å²) in [6.07, 6.45) is 2.73. The van der Waals surface area contributed by atoms with Crippen LogP contribution in [-0.4, -0.2) is 41.8 Å². The zero-order valence-electron chi connectivity index (χ0n) is 12.8. The van der Waals surface area contributed by atoms with Crippen molar-refractivity contribution in [3.63, 3.8) is 0 Å². The van der Waals surface area contributed by atoms with E-state index in [0.717, 1.165) is 25.2 Å². The number of hydrogen-bond acceptors (Lipinski definition) is 4. The van der Waals surface area contributed by atoms with Gasteiger partial charge in [0.2, 0.25) is 0 Å². The molecule has 0 saturated carbocycles. The number of aromatic amines is 1. The van der Waals surface area contributed by atoms with Crippen LogP contribution in [0.3, 0.4) is 0 Å². The van der Waals surface area contributed by atoms with Crippen LogP contribution in [0.2, 0.25) is 0 Å². The number of nitrogens with zero attached hydrogens (tertiary/aromatic N) is 2. The lowest BCUT2D eigenvalue weighted by Gasteiger charge is -2.35. The predicted octanol–water partition coefficient (Wildman–Crippen LogP) is 1.28. The van der Waals surface area contributed by atoms with E-state index in [1.54, 1.807) is 0 Å². The number of carbonyl (C=O) groups is 1. The zero-order chi connectivity index (χ0) is 15.2. The van der Waals surface area contributed by atoms with Gasteiger partial charge in [0.15, 0.2) is 0 Å². The molecule has 0 spiro atoms. The predicted molar refractivity (Wildman–Crippen MR) is 79.9 cm³/mol. The molecule has 6 nitrogen and oxygen atoms in total. The fraction of sp³-hybridized carbons (Fsp3) is 0.600. The first-order chi connectivity index (χ1) is 9.83. The smallest absolute Gasteiger partial charge is 0.410 e. The summed E-state index contributed by atoms with van der Waals surface area (Å²) in [5.41, 5.74) is 6.36. The number of pyridine rings is 1. The van der Waals surface area contributed by atoms with Crippen molar-refractivity contribution in [3.05, 3.63) is 18.3 Å². The number of fused-ring (bicyclic) bond motifs is 2. The van der Waals surface area contributed by atoms with Crippen LogP contribution < -0.4 is 15.6 Å². The van der Waals surface area contributed by atoms with Gasteiger partial charge in [-0.1, -0.05) is 0 Å². The number of nitrogen functional groups attached to an aromatic ring is 1. The molecule has 6 heteroatoms. The summed E-state index contributed by atoms with van der Waals surface area (Å²) >= 11 is 0. The van der Waals surface area contributed by atoms with Crippen LogP contribution in [0.15, 0.2) is 18.3 Å². The maximum Gasteiger partial charge on any atom is 0.410 e. The first-order valence-corrected chi connectivity index (χ1v) is 7.37. The minimum atomic E-state index is -0.440. The van der Waals surface area contributed by atoms with Crippen LogP contribution in [0.4, 0.5) is 16.3 Å². The Kier molecular flexibility index (Phi) is 3.19. The number of hydrogen-bond donors (Lipinski definition) is 1. The Morgan fingerprint density at radius 2 is 2.10 bits per heavy atom. The highest BCUT2D eigenvalue weighted by molar-refractivity contribution is 5.70. The molecule has 2 atom stereocenters. The van der Waals surface area contributed by atoms with Gasteiger partial charge in [-0.2, -0.15) is 0 Å². The van der Waals surface area contributed by atoms with Crippen LogP contribution >= 0.6 is 0 Å². The highest BCUT2D eigenvalue weighted by Crippen LogP contribution is 2.34. The second-order valence-electron chi connectivity index (χ2n) is 6.83. The van der Waals surface area contributed by atoms with Gasteiger partial charge in [-0.25, -0.2) is 9.78 Å². The van der Waals surface area contributed by atoms with Crippen LogP contribution in [0.5, 0.6) is 0 Å². The standard InChI is InChI=1S/C15H22N4O2/c1-15(2,3)21-14(20)19-9-11-6-12(19)8-18(11)10-4-5-13(16)17-7-10/h4-5,7,11-12H,6,8-9H2,1-3H3,(H2,16,17)/p+1. The van der Waals surface area contributed by atoms with Gasteiger partial charge in [-0.05, 0) is 33.3 Å². The molecule has 114 valence electrons. The zero-order valence-corrected chi connectivity index (χ0v) is 12.8. The Morgan fingerprint density at radius 3 is 2.62 bits per heavy atom. The third-order valence-electron chi connectivity index (χ3n) is 4.02. The topological polar surface area (TPSA) is 72.9 Å². The molecule has 2 saturated heterocycles. The number of rotatable bonds is 1. The molecule has 1 aromatic rings. The van der Waals surface area contributed by atoms with Crippen molar-refractivity contribution < 1.29 is 14.5 Å². The Morgan fingerprint density at radius 1 is 1.33 bits per heavy atom. The third-order valence-corrected chi connectivity index (χ3v) is 4.02. The Hall–Kier alpha value is -1.98. The van der Waals surface area contributed by atoms with E-state index in [2.05, 4.69) is 9.88 Å². The normalized spacial score (nSPS) is 24.5. The average Bonchev–Trinajstić information content (AvgIpc) is 2.97. The number of likely N-dealkylation sites (tertiary alicyclic amines) is 1. The molecule has 3 N–H and O–H groups in total. The molecule has 3 heterocycles. The molecule has 0 radical (unpaired) electrons. The van der Waals surface area contributed by atoms with Gasteiger partial charge in [0.25, 0.3) is 5.82 Å². The summed E-state index contributed by atoms with van der Waals surface area (Å²) in [6, 6.07) is 4.49. The summed E-state index contributed by atoms with van der Waals surface area (Å²) in [5.74, 6) is 0.651. The number of ether oxygens (including phenoxy) is 1. The van der Waals surface area contributed by atoms with Crippen molar-refractivity contribution >= 4 is 17.6 Å². The molecule has 21 heavy (non-hydrogen) atoms. The fourth-order valence-corrected chi connectivity index (χ4v) is 3.13. The van der Waals surface area contributed by atoms with Crippen LogP contribution in [-0.2, 0) is 4.74 Å². The minimum absolute atomic E-state index is 0.196. The summed E-state index contributed by atoms with van der Waals surface area (Å²) < 4.78 is 5.48. The number of aromatic nitrogens is 1. The molecule has 0 aliphatic carbocycles. The van der Waals surface area contributed by atoms with Gasteiger partial charge in [-0.3, -0.25) is 5.73 Å². The quantitative estimate of drug-likeness (QED) is 0.846. The number of H-pyrrole nitrogens is 1. The van der Waals surface area contributed by atoms with Crippen LogP contribution in [0.1, 0.15) is 27.2 Å². The summed E-state index contributed by atoms with van der Waals surface area (Å²) in [6.45, 7) is 7.27. The number of piperazine rings is 1. The maximum atomic E-state index is 12.2. The van der Waals surface area contributed by atoms with E-state index in [9.17, 15) is 4.79 Å². The molecule has 2 aliphatic rings. The average molecular weight is 291 g/mol. The number of anilines is 2. The van der Waals surface area contributed by atoms with E-state index in [1.165, 1.54) is 0 Å². The number of carbonyl (C=O) groups excluding carboxylic acids is 1. The third kappa shape index (κ3) is 2.75. The molecule has 3 rings (SSSR count). The largest absolute Gasteiger partial charge is 0.444 e. The van der Waals surface area contributed by atoms with Gasteiger partial charge >= 0.3 is 6.09 Å². The highest BCUT2D eigenvalue weighted by Gasteiger charge is 2.46. The molecule has 2 fully saturated rings.